The Balaban J connectivity index is 1.21. The standard InChI is InChI=1S/C21H24F2N8O/c1-12-24-21(32-28-12)29-10-13-3-4-14(11-29)18(13)25-19-26-20-30(7-2-8-31(20)27-19)15-5-6-16(22)17(23)9-15/h5-6,9,13-14,18H,2-4,7-8,10-11H2,1H3,(H,25,27)/t13-,14+,18+. The average molecular weight is 442 g/mol. The summed E-state index contributed by atoms with van der Waals surface area (Å²) in [6.07, 6.45) is 3.10. The first kappa shape index (κ1) is 19.4. The zero-order chi connectivity index (χ0) is 21.8. The zero-order valence-corrected chi connectivity index (χ0v) is 17.7. The van der Waals surface area contributed by atoms with E-state index in [-0.39, 0.29) is 6.04 Å². The van der Waals surface area contributed by atoms with Crippen molar-refractivity contribution in [1.82, 2.24) is 24.9 Å². The minimum absolute atomic E-state index is 0.274. The van der Waals surface area contributed by atoms with Gasteiger partial charge < -0.3 is 19.6 Å². The van der Waals surface area contributed by atoms with E-state index in [1.165, 1.54) is 6.07 Å². The fourth-order valence-corrected chi connectivity index (χ4v) is 5.30. The summed E-state index contributed by atoms with van der Waals surface area (Å²) in [4.78, 5) is 13.2. The number of piperidine rings is 1. The summed E-state index contributed by atoms with van der Waals surface area (Å²) in [5.41, 5.74) is 0.576. The fraction of sp³-hybridized carbons (Fsp3) is 0.524. The van der Waals surface area contributed by atoms with Crippen molar-refractivity contribution in [3.05, 3.63) is 35.7 Å². The van der Waals surface area contributed by atoms with Crippen molar-refractivity contribution in [3.8, 4) is 0 Å². The van der Waals surface area contributed by atoms with E-state index in [2.05, 4.69) is 25.5 Å². The first-order chi connectivity index (χ1) is 15.5. The van der Waals surface area contributed by atoms with E-state index in [1.807, 2.05) is 16.5 Å². The van der Waals surface area contributed by atoms with Gasteiger partial charge in [-0.25, -0.2) is 13.5 Å². The van der Waals surface area contributed by atoms with Crippen LogP contribution in [0.4, 0.5) is 32.4 Å². The second-order valence-electron chi connectivity index (χ2n) is 8.86. The number of fused-ring (bicyclic) bond motifs is 3. The third-order valence-corrected chi connectivity index (χ3v) is 6.78. The summed E-state index contributed by atoms with van der Waals surface area (Å²) < 4.78 is 34.4. The maximum absolute atomic E-state index is 13.8. The minimum Gasteiger partial charge on any atom is -0.349 e. The van der Waals surface area contributed by atoms with Crippen molar-refractivity contribution >= 4 is 23.6 Å². The van der Waals surface area contributed by atoms with Crippen LogP contribution in [0.15, 0.2) is 22.7 Å². The van der Waals surface area contributed by atoms with Gasteiger partial charge in [-0.05, 0) is 50.2 Å². The molecule has 2 bridgehead atoms. The fourth-order valence-electron chi connectivity index (χ4n) is 5.30. The molecule has 1 aliphatic carbocycles. The molecule has 2 fully saturated rings. The van der Waals surface area contributed by atoms with Crippen molar-refractivity contribution in [2.45, 2.75) is 38.8 Å². The molecule has 32 heavy (non-hydrogen) atoms. The zero-order valence-electron chi connectivity index (χ0n) is 17.7. The summed E-state index contributed by atoms with van der Waals surface area (Å²) >= 11 is 0. The average Bonchev–Trinajstić information content (AvgIpc) is 3.45. The topological polar surface area (TPSA) is 88.1 Å². The van der Waals surface area contributed by atoms with Crippen LogP contribution < -0.4 is 15.1 Å². The van der Waals surface area contributed by atoms with E-state index in [4.69, 9.17) is 9.51 Å². The third-order valence-electron chi connectivity index (χ3n) is 6.78. The lowest BCUT2D eigenvalue weighted by Crippen LogP contribution is -2.48. The molecule has 0 spiro atoms. The summed E-state index contributed by atoms with van der Waals surface area (Å²) in [7, 11) is 0. The number of halogens is 2. The highest BCUT2D eigenvalue weighted by atomic mass is 19.2. The van der Waals surface area contributed by atoms with Crippen LogP contribution >= 0.6 is 0 Å². The lowest BCUT2D eigenvalue weighted by molar-refractivity contribution is 0.340. The SMILES string of the molecule is Cc1noc(N2C[C@H]3CC[C@@H](C2)[C@H]3Nc2nc3n(n2)CCCN3c2ccc(F)c(F)c2)n1. The molecule has 3 atom stereocenters. The number of rotatable bonds is 4. The van der Waals surface area contributed by atoms with Crippen molar-refractivity contribution in [1.29, 1.82) is 0 Å². The molecule has 2 aromatic heterocycles. The lowest BCUT2D eigenvalue weighted by Gasteiger charge is -2.37. The normalized spacial score (nSPS) is 24.7. The Morgan fingerprint density at radius 2 is 1.88 bits per heavy atom. The van der Waals surface area contributed by atoms with E-state index in [0.29, 0.717) is 47.8 Å². The Bertz CT molecular complexity index is 1130. The molecule has 168 valence electrons. The van der Waals surface area contributed by atoms with Gasteiger partial charge in [-0.1, -0.05) is 5.16 Å². The highest BCUT2D eigenvalue weighted by Crippen LogP contribution is 2.40. The van der Waals surface area contributed by atoms with Gasteiger partial charge in [0.1, 0.15) is 0 Å². The number of hydrogen-bond donors (Lipinski definition) is 1. The van der Waals surface area contributed by atoms with Crippen LogP contribution in [-0.2, 0) is 6.54 Å². The van der Waals surface area contributed by atoms with E-state index in [1.54, 1.807) is 6.07 Å². The van der Waals surface area contributed by atoms with Crippen LogP contribution in [0.1, 0.15) is 25.1 Å². The van der Waals surface area contributed by atoms with Crippen molar-refractivity contribution in [3.63, 3.8) is 0 Å². The Labute approximate surface area is 183 Å². The van der Waals surface area contributed by atoms with Crippen LogP contribution in [0, 0.1) is 30.4 Å². The van der Waals surface area contributed by atoms with Crippen molar-refractivity contribution in [2.24, 2.45) is 11.8 Å². The largest absolute Gasteiger partial charge is 0.349 e. The molecule has 6 rings (SSSR count). The van der Waals surface area contributed by atoms with Gasteiger partial charge in [-0.3, -0.25) is 0 Å². The van der Waals surface area contributed by atoms with Gasteiger partial charge >= 0.3 is 6.01 Å². The van der Waals surface area contributed by atoms with Gasteiger partial charge in [0, 0.05) is 44.0 Å². The monoisotopic (exact) mass is 442 g/mol. The Hall–Kier alpha value is -3.24. The molecule has 1 aromatic carbocycles. The number of nitrogens with one attached hydrogen (secondary N) is 1. The van der Waals surface area contributed by atoms with E-state index in [9.17, 15) is 8.78 Å². The van der Waals surface area contributed by atoms with Crippen LogP contribution in [0.25, 0.3) is 0 Å². The lowest BCUT2D eigenvalue weighted by atomic mass is 9.92. The minimum atomic E-state index is -0.864. The second-order valence-corrected chi connectivity index (χ2v) is 8.86. The molecule has 9 nitrogen and oxygen atoms in total. The first-order valence-corrected chi connectivity index (χ1v) is 11.0. The van der Waals surface area contributed by atoms with Crippen molar-refractivity contribution in [2.75, 3.05) is 34.8 Å². The number of aryl methyl sites for hydroxylation is 2. The van der Waals surface area contributed by atoms with Gasteiger partial charge in [0.15, 0.2) is 17.5 Å². The van der Waals surface area contributed by atoms with E-state index < -0.39 is 11.6 Å². The van der Waals surface area contributed by atoms with Gasteiger partial charge in [0.25, 0.3) is 0 Å². The maximum Gasteiger partial charge on any atom is 0.324 e. The smallest absolute Gasteiger partial charge is 0.324 e. The molecule has 1 N–H and O–H groups in total. The highest BCUT2D eigenvalue weighted by Gasteiger charge is 2.44. The highest BCUT2D eigenvalue weighted by molar-refractivity contribution is 5.59. The summed E-state index contributed by atoms with van der Waals surface area (Å²) in [5, 5.41) is 12.2. The Kier molecular flexibility index (Phi) is 4.51. The predicted octanol–water partition coefficient (Wildman–Crippen LogP) is 3.12. The molecular formula is C21H24F2N8O. The molecule has 1 saturated carbocycles. The summed E-state index contributed by atoms with van der Waals surface area (Å²) in [6, 6.07) is 4.80. The van der Waals surface area contributed by atoms with Crippen LogP contribution in [0.2, 0.25) is 0 Å². The first-order valence-electron chi connectivity index (χ1n) is 11.0. The molecule has 11 heteroatoms. The molecular weight excluding hydrogens is 418 g/mol. The van der Waals surface area contributed by atoms with Crippen LogP contribution in [0.3, 0.4) is 0 Å². The van der Waals surface area contributed by atoms with Crippen LogP contribution in [0.5, 0.6) is 0 Å². The van der Waals surface area contributed by atoms with Gasteiger partial charge in [-0.2, -0.15) is 9.97 Å². The Morgan fingerprint density at radius 1 is 1.06 bits per heavy atom. The molecule has 3 aromatic rings. The molecule has 3 aliphatic rings. The van der Waals surface area contributed by atoms with Crippen LogP contribution in [-0.4, -0.2) is 50.6 Å². The predicted molar refractivity (Wildman–Crippen MR) is 113 cm³/mol. The molecule has 4 heterocycles. The number of hydrogen-bond acceptors (Lipinski definition) is 8. The molecule has 1 saturated heterocycles. The van der Waals surface area contributed by atoms with Crippen molar-refractivity contribution < 1.29 is 13.3 Å². The Morgan fingerprint density at radius 3 is 2.59 bits per heavy atom. The summed E-state index contributed by atoms with van der Waals surface area (Å²) in [6.45, 7) is 4.95. The number of aromatic nitrogens is 5. The van der Waals surface area contributed by atoms with Gasteiger partial charge in [-0.15, -0.1) is 5.10 Å². The number of benzene rings is 1. The molecule has 2 aliphatic heterocycles. The van der Waals surface area contributed by atoms with Gasteiger partial charge in [0.2, 0.25) is 11.9 Å². The number of nitrogens with zero attached hydrogens (tertiary/aromatic N) is 7. The van der Waals surface area contributed by atoms with Gasteiger partial charge in [0.05, 0.1) is 0 Å². The second kappa shape index (κ2) is 7.42. The van der Waals surface area contributed by atoms with E-state index >= 15 is 0 Å². The van der Waals surface area contributed by atoms with E-state index in [0.717, 1.165) is 45.0 Å². The quantitative estimate of drug-likeness (QED) is 0.660. The molecule has 0 unspecified atom stereocenters. The maximum atomic E-state index is 13.8. The molecule has 0 amide bonds. The number of anilines is 4. The third kappa shape index (κ3) is 3.26. The summed E-state index contributed by atoms with van der Waals surface area (Å²) in [5.74, 6) is 1.03. The molecule has 0 radical (unpaired) electrons.